The molecule has 0 atom stereocenters. The van der Waals surface area contributed by atoms with Crippen molar-refractivity contribution >= 4 is 23.4 Å². The van der Waals surface area contributed by atoms with Gasteiger partial charge in [0.2, 0.25) is 0 Å². The first kappa shape index (κ1) is 8.64. The molecule has 1 radical (unpaired) electrons. The van der Waals surface area contributed by atoms with E-state index in [1.807, 2.05) is 0 Å². The monoisotopic (exact) mass is 187 g/mol. The molecule has 2 aromatic rings. The molecule has 0 nitrogen and oxygen atoms in total. The SMILES string of the molecule is [S]CCc1ccc2ccccc2c1. The number of hydrogen-bond acceptors (Lipinski definition) is 0. The summed E-state index contributed by atoms with van der Waals surface area (Å²) in [7, 11) is 0. The van der Waals surface area contributed by atoms with Crippen LogP contribution in [0.5, 0.6) is 0 Å². The molecule has 0 aliphatic heterocycles. The van der Waals surface area contributed by atoms with Crippen molar-refractivity contribution in [3.8, 4) is 0 Å². The van der Waals surface area contributed by atoms with Crippen LogP contribution in [0.3, 0.4) is 0 Å². The predicted molar refractivity (Wildman–Crippen MR) is 60.1 cm³/mol. The average molecular weight is 187 g/mol. The first-order chi connectivity index (χ1) is 6.40. The molecule has 1 heteroatoms. The van der Waals surface area contributed by atoms with Crippen molar-refractivity contribution in [2.45, 2.75) is 6.42 Å². The zero-order valence-corrected chi connectivity index (χ0v) is 8.18. The Labute approximate surface area is 84.0 Å². The maximum atomic E-state index is 4.96. The van der Waals surface area contributed by atoms with Crippen LogP contribution in [-0.4, -0.2) is 5.75 Å². The third-order valence-electron chi connectivity index (χ3n) is 2.20. The van der Waals surface area contributed by atoms with Crippen LogP contribution in [0.1, 0.15) is 5.56 Å². The van der Waals surface area contributed by atoms with Gasteiger partial charge >= 0.3 is 0 Å². The van der Waals surface area contributed by atoms with Crippen LogP contribution in [0.4, 0.5) is 0 Å². The van der Waals surface area contributed by atoms with Gasteiger partial charge in [-0.05, 0) is 22.8 Å². The highest BCUT2D eigenvalue weighted by Gasteiger charge is 1.94. The minimum Gasteiger partial charge on any atom is -0.0938 e. The molecule has 2 aromatic carbocycles. The maximum absolute atomic E-state index is 4.96. The van der Waals surface area contributed by atoms with Crippen LogP contribution in [0.25, 0.3) is 10.8 Å². The lowest BCUT2D eigenvalue weighted by Crippen LogP contribution is -1.85. The predicted octanol–water partition coefficient (Wildman–Crippen LogP) is 3.58. The van der Waals surface area contributed by atoms with E-state index in [0.717, 1.165) is 12.2 Å². The van der Waals surface area contributed by atoms with E-state index < -0.39 is 0 Å². The van der Waals surface area contributed by atoms with Crippen LogP contribution in [0, 0.1) is 0 Å². The van der Waals surface area contributed by atoms with E-state index in [9.17, 15) is 0 Å². The fourth-order valence-electron chi connectivity index (χ4n) is 1.51. The second-order valence-corrected chi connectivity index (χ2v) is 3.54. The lowest BCUT2D eigenvalue weighted by atomic mass is 10.1. The highest BCUT2D eigenvalue weighted by molar-refractivity contribution is 7.80. The molecule has 0 bridgehead atoms. The maximum Gasteiger partial charge on any atom is 0.00774 e. The number of rotatable bonds is 2. The summed E-state index contributed by atoms with van der Waals surface area (Å²) < 4.78 is 0. The normalized spacial score (nSPS) is 10.5. The van der Waals surface area contributed by atoms with Crippen molar-refractivity contribution in [3.05, 3.63) is 48.0 Å². The second-order valence-electron chi connectivity index (χ2n) is 3.14. The Hall–Kier alpha value is -0.950. The van der Waals surface area contributed by atoms with E-state index in [4.69, 9.17) is 12.6 Å². The van der Waals surface area contributed by atoms with Gasteiger partial charge in [0.15, 0.2) is 0 Å². The summed E-state index contributed by atoms with van der Waals surface area (Å²) in [4.78, 5) is 0. The molecule has 0 amide bonds. The van der Waals surface area contributed by atoms with E-state index in [1.165, 1.54) is 16.3 Å². The number of fused-ring (bicyclic) bond motifs is 1. The molecule has 13 heavy (non-hydrogen) atoms. The fraction of sp³-hybridized carbons (Fsp3) is 0.167. The van der Waals surface area contributed by atoms with Gasteiger partial charge in [-0.3, -0.25) is 0 Å². The van der Waals surface area contributed by atoms with Crippen LogP contribution in [0.15, 0.2) is 42.5 Å². The highest BCUT2D eigenvalue weighted by atomic mass is 32.1. The molecule has 0 N–H and O–H groups in total. The Morgan fingerprint density at radius 1 is 0.923 bits per heavy atom. The summed E-state index contributed by atoms with van der Waals surface area (Å²) in [5, 5.41) is 2.61. The molecule has 0 saturated carbocycles. The smallest absolute Gasteiger partial charge is 0.00774 e. The summed E-state index contributed by atoms with van der Waals surface area (Å²) in [5.41, 5.74) is 1.34. The van der Waals surface area contributed by atoms with E-state index >= 15 is 0 Å². The Bertz CT molecular complexity index is 407. The van der Waals surface area contributed by atoms with Crippen molar-refractivity contribution < 1.29 is 0 Å². The third kappa shape index (κ3) is 1.86. The largest absolute Gasteiger partial charge is 0.0938 e. The summed E-state index contributed by atoms with van der Waals surface area (Å²) in [6.07, 6.45) is 1.00. The Kier molecular flexibility index (Phi) is 2.55. The van der Waals surface area contributed by atoms with Gasteiger partial charge in [-0.25, -0.2) is 0 Å². The van der Waals surface area contributed by atoms with E-state index in [2.05, 4.69) is 42.5 Å². The third-order valence-corrected chi connectivity index (χ3v) is 2.41. The van der Waals surface area contributed by atoms with Crippen molar-refractivity contribution in [1.82, 2.24) is 0 Å². The molecule has 0 fully saturated rings. The molecule has 0 aliphatic rings. The van der Waals surface area contributed by atoms with Gasteiger partial charge in [-0.15, -0.1) is 0 Å². The van der Waals surface area contributed by atoms with Crippen LogP contribution in [-0.2, 0) is 6.42 Å². The van der Waals surface area contributed by atoms with Gasteiger partial charge in [-0.1, -0.05) is 55.1 Å². The number of hydrogen-bond donors (Lipinski definition) is 0. The quantitative estimate of drug-likeness (QED) is 0.674. The summed E-state index contributed by atoms with van der Waals surface area (Å²) in [5.74, 6) is 0.804. The number of benzene rings is 2. The molecular weight excluding hydrogens is 176 g/mol. The van der Waals surface area contributed by atoms with Crippen molar-refractivity contribution in [2.75, 3.05) is 5.75 Å². The minimum absolute atomic E-state index is 0.804. The zero-order chi connectivity index (χ0) is 9.10. The Morgan fingerprint density at radius 2 is 1.69 bits per heavy atom. The summed E-state index contributed by atoms with van der Waals surface area (Å²) in [6, 6.07) is 15.0. The second kappa shape index (κ2) is 3.84. The van der Waals surface area contributed by atoms with Crippen molar-refractivity contribution in [1.29, 1.82) is 0 Å². The van der Waals surface area contributed by atoms with Crippen LogP contribution in [0.2, 0.25) is 0 Å². The highest BCUT2D eigenvalue weighted by Crippen LogP contribution is 2.15. The number of aryl methyl sites for hydroxylation is 1. The fourth-order valence-corrected chi connectivity index (χ4v) is 1.75. The molecule has 0 aromatic heterocycles. The van der Waals surface area contributed by atoms with Gasteiger partial charge in [-0.2, -0.15) is 0 Å². The summed E-state index contributed by atoms with van der Waals surface area (Å²) >= 11 is 4.96. The lowest BCUT2D eigenvalue weighted by molar-refractivity contribution is 1.17. The van der Waals surface area contributed by atoms with E-state index in [-0.39, 0.29) is 0 Å². The van der Waals surface area contributed by atoms with Gasteiger partial charge in [0.05, 0.1) is 0 Å². The molecule has 0 aliphatic carbocycles. The molecule has 2 rings (SSSR count). The van der Waals surface area contributed by atoms with Crippen LogP contribution >= 0.6 is 12.6 Å². The Morgan fingerprint density at radius 3 is 2.46 bits per heavy atom. The average Bonchev–Trinajstić information content (AvgIpc) is 2.18. The van der Waals surface area contributed by atoms with E-state index in [1.54, 1.807) is 0 Å². The molecule has 65 valence electrons. The van der Waals surface area contributed by atoms with Gasteiger partial charge in [0.25, 0.3) is 0 Å². The van der Waals surface area contributed by atoms with E-state index in [0.29, 0.717) is 0 Å². The van der Waals surface area contributed by atoms with Crippen molar-refractivity contribution in [2.24, 2.45) is 0 Å². The molecule has 0 heterocycles. The summed E-state index contributed by atoms with van der Waals surface area (Å²) in [6.45, 7) is 0. The Balaban J connectivity index is 2.49. The first-order valence-electron chi connectivity index (χ1n) is 4.46. The first-order valence-corrected chi connectivity index (χ1v) is 5.03. The topological polar surface area (TPSA) is 0 Å². The lowest BCUT2D eigenvalue weighted by Gasteiger charge is -2.00. The molecule has 0 unspecified atom stereocenters. The van der Waals surface area contributed by atoms with Gasteiger partial charge in [0.1, 0.15) is 0 Å². The minimum atomic E-state index is 0.804. The van der Waals surface area contributed by atoms with Gasteiger partial charge in [0, 0.05) is 5.75 Å². The molecule has 0 saturated heterocycles. The standard InChI is InChI=1S/C12H11S/c13-8-7-10-5-6-11-3-1-2-4-12(11)9-10/h1-6,9H,7-8H2. The van der Waals surface area contributed by atoms with Crippen LogP contribution < -0.4 is 0 Å². The van der Waals surface area contributed by atoms with Crippen molar-refractivity contribution in [3.63, 3.8) is 0 Å². The zero-order valence-electron chi connectivity index (χ0n) is 7.36. The molecular formula is C12H11S. The molecule has 0 spiro atoms. The van der Waals surface area contributed by atoms with Gasteiger partial charge < -0.3 is 0 Å².